The average molecular weight is 558 g/mol. The van der Waals surface area contributed by atoms with Crippen molar-refractivity contribution in [2.45, 2.75) is 69.8 Å². The van der Waals surface area contributed by atoms with Gasteiger partial charge < -0.3 is 31.5 Å². The van der Waals surface area contributed by atoms with Crippen molar-refractivity contribution < 1.29 is 35.8 Å². The molecule has 1 aliphatic carbocycles. The second-order valence-electron chi connectivity index (χ2n) is 10.9. The number of hydrogen-bond acceptors (Lipinski definition) is 5. The predicted molar refractivity (Wildman–Crippen MR) is 134 cm³/mol. The van der Waals surface area contributed by atoms with Crippen molar-refractivity contribution in [3.8, 4) is 0 Å². The minimum atomic E-state index is -0.546. The van der Waals surface area contributed by atoms with Crippen molar-refractivity contribution in [2.24, 2.45) is 5.92 Å². The topological polar surface area (TPSA) is 81.2 Å². The summed E-state index contributed by atoms with van der Waals surface area (Å²) >= 11 is 0. The molecule has 0 unspecified atom stereocenters. The van der Waals surface area contributed by atoms with E-state index in [9.17, 15) is 9.59 Å². The zero-order valence-corrected chi connectivity index (χ0v) is 22.7. The van der Waals surface area contributed by atoms with Crippen LogP contribution < -0.4 is 22.3 Å². The van der Waals surface area contributed by atoms with Crippen molar-refractivity contribution in [1.82, 2.24) is 9.97 Å². The third kappa shape index (κ3) is 5.65. The molecule has 1 N–H and O–H groups in total. The second kappa shape index (κ2) is 11.4. The third-order valence-corrected chi connectivity index (χ3v) is 8.48. The number of amides is 1. The predicted octanol–water partition coefficient (Wildman–Crippen LogP) is 1.17. The standard InChI is InChI=1S/C28H36N4O3.BrH/c1-21-17-29-18-25(30-21)31-26(33)20-32-15-11-22(12-16-32)24(19-32)35-27(34)28(13-7-2-3-8-14-28)23-9-5-4-6-10-23;/h4-6,9-10,17-18,22,24H,2-3,7-8,11-16,19-20H2,1H3;1H/t22?,24-,32?;/m0./s1. The summed E-state index contributed by atoms with van der Waals surface area (Å²) in [5.41, 5.74) is 1.32. The molecule has 1 amide bonds. The summed E-state index contributed by atoms with van der Waals surface area (Å²) < 4.78 is 7.09. The van der Waals surface area contributed by atoms with E-state index in [1.165, 1.54) is 12.8 Å². The zero-order chi connectivity index (χ0) is 24.3. The first-order valence-electron chi connectivity index (χ1n) is 13.2. The summed E-state index contributed by atoms with van der Waals surface area (Å²) in [6, 6.07) is 10.3. The Morgan fingerprint density at radius 1 is 1.06 bits per heavy atom. The number of aromatic nitrogens is 2. The zero-order valence-electron chi connectivity index (χ0n) is 21.1. The highest BCUT2D eigenvalue weighted by molar-refractivity contribution is 5.90. The number of anilines is 1. The van der Waals surface area contributed by atoms with Crippen molar-refractivity contribution >= 4 is 17.7 Å². The fourth-order valence-corrected chi connectivity index (χ4v) is 6.54. The normalized spacial score (nSPS) is 26.8. The quantitative estimate of drug-likeness (QED) is 0.328. The number of ether oxygens (including phenoxy) is 1. The van der Waals surface area contributed by atoms with Gasteiger partial charge in [0.15, 0.2) is 18.5 Å². The molecule has 0 radical (unpaired) electrons. The van der Waals surface area contributed by atoms with Crippen LogP contribution in [0.1, 0.15) is 62.6 Å². The molecule has 4 heterocycles. The molecule has 2 aromatic rings. The van der Waals surface area contributed by atoms with Gasteiger partial charge in [-0.05, 0) is 25.3 Å². The van der Waals surface area contributed by atoms with E-state index in [4.69, 9.17) is 4.74 Å². The van der Waals surface area contributed by atoms with Crippen LogP contribution in [0, 0.1) is 12.8 Å². The number of rotatable bonds is 6. The summed E-state index contributed by atoms with van der Waals surface area (Å²) in [5, 5.41) is 2.91. The van der Waals surface area contributed by atoms with Crippen LogP contribution in [-0.2, 0) is 19.7 Å². The molecule has 1 aromatic heterocycles. The molecule has 0 spiro atoms. The molecule has 3 saturated heterocycles. The number of halogens is 1. The van der Waals surface area contributed by atoms with Crippen LogP contribution in [0.2, 0.25) is 0 Å². The number of esters is 1. The maximum Gasteiger partial charge on any atom is 0.317 e. The van der Waals surface area contributed by atoms with E-state index in [0.29, 0.717) is 29.3 Å². The summed E-state index contributed by atoms with van der Waals surface area (Å²) in [6.45, 7) is 4.86. The monoisotopic (exact) mass is 556 g/mol. The highest BCUT2D eigenvalue weighted by atomic mass is 79.9. The van der Waals surface area contributed by atoms with Crippen molar-refractivity contribution in [2.75, 3.05) is 31.5 Å². The van der Waals surface area contributed by atoms with Crippen LogP contribution in [0.3, 0.4) is 0 Å². The minimum Gasteiger partial charge on any atom is -1.00 e. The van der Waals surface area contributed by atoms with Gasteiger partial charge in [0, 0.05) is 25.0 Å². The Morgan fingerprint density at radius 2 is 1.75 bits per heavy atom. The number of carbonyl (C=O) groups is 2. The van der Waals surface area contributed by atoms with Gasteiger partial charge in [-0.2, -0.15) is 0 Å². The lowest BCUT2D eigenvalue weighted by atomic mass is 9.74. The van der Waals surface area contributed by atoms with E-state index in [1.54, 1.807) is 12.4 Å². The Bertz CT molecular complexity index is 1050. The number of piperidine rings is 3. The molecule has 3 aliphatic heterocycles. The average Bonchev–Trinajstić information content (AvgIpc) is 3.12. The van der Waals surface area contributed by atoms with Gasteiger partial charge in [-0.3, -0.25) is 14.6 Å². The largest absolute Gasteiger partial charge is 1.00 e. The first-order chi connectivity index (χ1) is 17.0. The first-order valence-corrected chi connectivity index (χ1v) is 13.2. The van der Waals surface area contributed by atoms with E-state index in [0.717, 1.165) is 62.9 Å². The molecule has 2 bridgehead atoms. The Hall–Kier alpha value is -2.32. The molecule has 4 aliphatic rings. The number of quaternary nitrogens is 1. The van der Waals surface area contributed by atoms with E-state index < -0.39 is 5.41 Å². The van der Waals surface area contributed by atoms with Crippen LogP contribution in [0.5, 0.6) is 0 Å². The van der Waals surface area contributed by atoms with E-state index in [2.05, 4.69) is 27.4 Å². The van der Waals surface area contributed by atoms with Crippen LogP contribution in [-0.4, -0.2) is 58.6 Å². The van der Waals surface area contributed by atoms with Crippen LogP contribution >= 0.6 is 0 Å². The fraction of sp³-hybridized carbons (Fsp3) is 0.571. The maximum atomic E-state index is 13.9. The molecule has 7 nitrogen and oxygen atoms in total. The van der Waals surface area contributed by atoms with Gasteiger partial charge in [0.25, 0.3) is 5.91 Å². The molecule has 8 heteroatoms. The number of carbonyl (C=O) groups excluding carboxylic acids is 2. The molecular formula is C28H37BrN4O3. The lowest BCUT2D eigenvalue weighted by molar-refractivity contribution is -0.939. The van der Waals surface area contributed by atoms with Gasteiger partial charge in [0.1, 0.15) is 6.54 Å². The molecule has 4 fully saturated rings. The van der Waals surface area contributed by atoms with Crippen molar-refractivity contribution in [1.29, 1.82) is 0 Å². The number of fused-ring (bicyclic) bond motifs is 3. The number of nitrogens with zero attached hydrogens (tertiary/aromatic N) is 3. The number of benzene rings is 1. The van der Waals surface area contributed by atoms with Gasteiger partial charge in [-0.15, -0.1) is 0 Å². The maximum absolute atomic E-state index is 13.9. The number of aryl methyl sites for hydroxylation is 1. The summed E-state index contributed by atoms with van der Waals surface area (Å²) in [5.74, 6) is 0.770. The smallest absolute Gasteiger partial charge is 0.317 e. The SMILES string of the molecule is Cc1cncc(NC(=O)C[N+]23CCC(CC2)[C@@H](OC(=O)C2(c4ccccc4)CCCCCC2)C3)n1.[Br-]. The highest BCUT2D eigenvalue weighted by Crippen LogP contribution is 2.42. The van der Waals surface area contributed by atoms with E-state index >= 15 is 0 Å². The molecule has 1 atom stereocenters. The molecule has 6 rings (SSSR count). The first kappa shape index (κ1) is 26.7. The Kier molecular flexibility index (Phi) is 8.45. The lowest BCUT2D eigenvalue weighted by Crippen LogP contribution is -3.00. The fourth-order valence-electron chi connectivity index (χ4n) is 6.54. The third-order valence-electron chi connectivity index (χ3n) is 8.48. The second-order valence-corrected chi connectivity index (χ2v) is 10.9. The van der Waals surface area contributed by atoms with E-state index in [1.807, 2.05) is 25.1 Å². The van der Waals surface area contributed by atoms with Crippen LogP contribution in [0.15, 0.2) is 42.7 Å². The molecular weight excluding hydrogens is 520 g/mol. The van der Waals surface area contributed by atoms with Gasteiger partial charge in [0.2, 0.25) is 0 Å². The lowest BCUT2D eigenvalue weighted by Gasteiger charge is -2.52. The van der Waals surface area contributed by atoms with Crippen molar-refractivity contribution in [3.63, 3.8) is 0 Å². The summed E-state index contributed by atoms with van der Waals surface area (Å²) in [6.07, 6.45) is 11.3. The highest BCUT2D eigenvalue weighted by Gasteiger charge is 2.51. The Labute approximate surface area is 224 Å². The molecule has 194 valence electrons. The molecule has 1 saturated carbocycles. The van der Waals surface area contributed by atoms with Gasteiger partial charge in [0.05, 0.1) is 30.4 Å². The molecule has 1 aromatic carbocycles. The van der Waals surface area contributed by atoms with Gasteiger partial charge in [-0.1, -0.05) is 56.0 Å². The minimum absolute atomic E-state index is 0. The van der Waals surface area contributed by atoms with Gasteiger partial charge >= 0.3 is 5.97 Å². The number of hydrogen-bond donors (Lipinski definition) is 1. The van der Waals surface area contributed by atoms with Gasteiger partial charge in [-0.25, -0.2) is 4.98 Å². The Balaban J connectivity index is 0.00000304. The van der Waals surface area contributed by atoms with Crippen LogP contribution in [0.4, 0.5) is 5.82 Å². The molecule has 36 heavy (non-hydrogen) atoms. The van der Waals surface area contributed by atoms with Crippen molar-refractivity contribution in [3.05, 3.63) is 54.0 Å². The Morgan fingerprint density at radius 3 is 2.42 bits per heavy atom. The number of nitrogens with one attached hydrogen (secondary N) is 1. The van der Waals surface area contributed by atoms with Crippen LogP contribution in [0.25, 0.3) is 0 Å². The van der Waals surface area contributed by atoms with E-state index in [-0.39, 0.29) is 35.0 Å². The summed E-state index contributed by atoms with van der Waals surface area (Å²) in [4.78, 5) is 35.3. The summed E-state index contributed by atoms with van der Waals surface area (Å²) in [7, 11) is 0.